The summed E-state index contributed by atoms with van der Waals surface area (Å²) in [6, 6.07) is 0.537. The molecule has 2 N–H and O–H groups in total. The summed E-state index contributed by atoms with van der Waals surface area (Å²) >= 11 is 0. The lowest BCUT2D eigenvalue weighted by Crippen LogP contribution is -2.65. The number of nitrogens with zero attached hydrogens (tertiary/aromatic N) is 1. The summed E-state index contributed by atoms with van der Waals surface area (Å²) in [6.45, 7) is 6.09. The summed E-state index contributed by atoms with van der Waals surface area (Å²) in [5, 5.41) is 6.99. The third kappa shape index (κ3) is 2.88. The molecular formula is C15H29N3O. The minimum atomic E-state index is 0.375. The molecule has 0 radical (unpaired) electrons. The Labute approximate surface area is 117 Å². The van der Waals surface area contributed by atoms with Gasteiger partial charge in [-0.15, -0.1) is 0 Å². The number of aliphatic imine (C=N–C) groups is 1. The van der Waals surface area contributed by atoms with E-state index >= 15 is 0 Å². The van der Waals surface area contributed by atoms with Crippen molar-refractivity contribution in [1.82, 2.24) is 10.6 Å². The Hall–Kier alpha value is -0.770. The van der Waals surface area contributed by atoms with Crippen molar-refractivity contribution in [3.8, 4) is 0 Å². The normalized spacial score (nSPS) is 29.3. The molecule has 0 saturated heterocycles. The molecule has 0 aliphatic heterocycles. The zero-order valence-corrected chi connectivity index (χ0v) is 12.7. The third-order valence-electron chi connectivity index (χ3n) is 4.76. The van der Waals surface area contributed by atoms with E-state index in [9.17, 15) is 0 Å². The maximum absolute atomic E-state index is 5.94. The largest absolute Gasteiger partial charge is 0.378 e. The molecule has 2 fully saturated rings. The van der Waals surface area contributed by atoms with Gasteiger partial charge in [-0.05, 0) is 32.6 Å². The van der Waals surface area contributed by atoms with E-state index in [1.165, 1.54) is 25.7 Å². The molecule has 2 unspecified atom stereocenters. The fraction of sp³-hybridized carbons (Fsp3) is 0.933. The lowest BCUT2D eigenvalue weighted by molar-refractivity contribution is -0.125. The standard InChI is InChI=1S/C15H29N3O/c1-4-10-17-14(16-3)18-12-11-13(19-5-2)15(12)8-6-7-9-15/h12-13H,4-11H2,1-3H3,(H2,16,17,18). The van der Waals surface area contributed by atoms with Crippen molar-refractivity contribution < 1.29 is 4.74 Å². The van der Waals surface area contributed by atoms with Gasteiger partial charge < -0.3 is 15.4 Å². The van der Waals surface area contributed by atoms with Crippen LogP contribution in [-0.4, -0.2) is 38.3 Å². The first-order valence-electron chi connectivity index (χ1n) is 7.85. The number of hydrogen-bond acceptors (Lipinski definition) is 2. The van der Waals surface area contributed by atoms with Gasteiger partial charge in [-0.3, -0.25) is 4.99 Å². The van der Waals surface area contributed by atoms with Crippen molar-refractivity contribution in [2.24, 2.45) is 10.4 Å². The highest BCUT2D eigenvalue weighted by atomic mass is 16.5. The minimum absolute atomic E-state index is 0.375. The van der Waals surface area contributed by atoms with Gasteiger partial charge in [0.1, 0.15) is 0 Å². The molecule has 110 valence electrons. The van der Waals surface area contributed by atoms with Crippen molar-refractivity contribution >= 4 is 5.96 Å². The molecule has 0 aromatic heterocycles. The van der Waals surface area contributed by atoms with Crippen LogP contribution < -0.4 is 10.6 Å². The van der Waals surface area contributed by atoms with Crippen LogP contribution in [0.2, 0.25) is 0 Å². The van der Waals surface area contributed by atoms with Gasteiger partial charge in [0, 0.05) is 31.7 Å². The maximum atomic E-state index is 5.94. The first kappa shape index (κ1) is 14.6. The van der Waals surface area contributed by atoms with Crippen LogP contribution in [0.15, 0.2) is 4.99 Å². The Balaban J connectivity index is 1.93. The van der Waals surface area contributed by atoms with Gasteiger partial charge >= 0.3 is 0 Å². The van der Waals surface area contributed by atoms with Gasteiger partial charge in [0.15, 0.2) is 5.96 Å². The van der Waals surface area contributed by atoms with Crippen molar-refractivity contribution in [3.63, 3.8) is 0 Å². The summed E-state index contributed by atoms with van der Waals surface area (Å²) in [7, 11) is 1.85. The minimum Gasteiger partial charge on any atom is -0.378 e. The van der Waals surface area contributed by atoms with Crippen LogP contribution in [0.1, 0.15) is 52.4 Å². The molecule has 2 aliphatic rings. The van der Waals surface area contributed by atoms with Gasteiger partial charge in [0.25, 0.3) is 0 Å². The van der Waals surface area contributed by atoms with Gasteiger partial charge in [0.2, 0.25) is 0 Å². The number of ether oxygens (including phenoxy) is 1. The van der Waals surface area contributed by atoms with Crippen molar-refractivity contribution in [1.29, 1.82) is 0 Å². The molecule has 1 spiro atoms. The molecular weight excluding hydrogens is 238 g/mol. The highest BCUT2D eigenvalue weighted by Gasteiger charge is 2.56. The van der Waals surface area contributed by atoms with Gasteiger partial charge in [-0.1, -0.05) is 19.8 Å². The summed E-state index contributed by atoms with van der Waals surface area (Å²) in [5.74, 6) is 0.952. The van der Waals surface area contributed by atoms with E-state index in [4.69, 9.17) is 4.74 Å². The fourth-order valence-corrected chi connectivity index (χ4v) is 3.69. The molecule has 0 amide bonds. The van der Waals surface area contributed by atoms with Crippen LogP contribution in [0.25, 0.3) is 0 Å². The molecule has 0 bridgehead atoms. The second-order valence-corrected chi connectivity index (χ2v) is 5.82. The summed E-state index contributed by atoms with van der Waals surface area (Å²) in [4.78, 5) is 4.33. The zero-order valence-electron chi connectivity index (χ0n) is 12.7. The Morgan fingerprint density at radius 2 is 2.05 bits per heavy atom. The third-order valence-corrected chi connectivity index (χ3v) is 4.76. The molecule has 2 atom stereocenters. The average Bonchev–Trinajstić information content (AvgIpc) is 2.93. The van der Waals surface area contributed by atoms with E-state index in [0.29, 0.717) is 17.6 Å². The Morgan fingerprint density at radius 3 is 2.63 bits per heavy atom. The predicted molar refractivity (Wildman–Crippen MR) is 79.5 cm³/mol. The van der Waals surface area contributed by atoms with Crippen molar-refractivity contribution in [3.05, 3.63) is 0 Å². The molecule has 2 aliphatic carbocycles. The molecule has 2 saturated carbocycles. The predicted octanol–water partition coefficient (Wildman–Crippen LogP) is 2.30. The van der Waals surface area contributed by atoms with E-state index < -0.39 is 0 Å². The monoisotopic (exact) mass is 267 g/mol. The molecule has 19 heavy (non-hydrogen) atoms. The van der Waals surface area contributed by atoms with Gasteiger partial charge in [-0.25, -0.2) is 0 Å². The Kier molecular flexibility index (Phi) is 5.08. The molecule has 0 aromatic rings. The van der Waals surface area contributed by atoms with E-state index in [1.54, 1.807) is 0 Å². The fourth-order valence-electron chi connectivity index (χ4n) is 3.69. The number of rotatable bonds is 5. The molecule has 2 rings (SSSR count). The smallest absolute Gasteiger partial charge is 0.191 e. The SMILES string of the molecule is CCCNC(=NC)NC1CC(OCC)C12CCCC2. The van der Waals surface area contributed by atoms with Crippen molar-refractivity contribution in [2.45, 2.75) is 64.5 Å². The molecule has 4 nitrogen and oxygen atoms in total. The van der Waals surface area contributed by atoms with Crippen molar-refractivity contribution in [2.75, 3.05) is 20.2 Å². The highest BCUT2D eigenvalue weighted by Crippen LogP contribution is 2.54. The summed E-state index contributed by atoms with van der Waals surface area (Å²) in [5.41, 5.74) is 0.375. The second kappa shape index (κ2) is 6.60. The first-order valence-corrected chi connectivity index (χ1v) is 7.85. The van der Waals surface area contributed by atoms with E-state index in [0.717, 1.165) is 32.0 Å². The first-order chi connectivity index (χ1) is 9.26. The van der Waals surface area contributed by atoms with Crippen LogP contribution >= 0.6 is 0 Å². The van der Waals surface area contributed by atoms with Crippen LogP contribution in [0.3, 0.4) is 0 Å². The lowest BCUT2D eigenvalue weighted by Gasteiger charge is -2.54. The van der Waals surface area contributed by atoms with Crippen LogP contribution in [0.5, 0.6) is 0 Å². The number of hydrogen-bond donors (Lipinski definition) is 2. The van der Waals surface area contributed by atoms with Gasteiger partial charge in [-0.2, -0.15) is 0 Å². The molecule has 4 heteroatoms. The summed E-state index contributed by atoms with van der Waals surface area (Å²) < 4.78 is 5.94. The Morgan fingerprint density at radius 1 is 1.32 bits per heavy atom. The summed E-state index contributed by atoms with van der Waals surface area (Å²) in [6.07, 6.45) is 8.02. The number of nitrogens with one attached hydrogen (secondary N) is 2. The Bertz CT molecular complexity index is 311. The second-order valence-electron chi connectivity index (χ2n) is 5.82. The van der Waals surface area contributed by atoms with E-state index in [-0.39, 0.29) is 0 Å². The van der Waals surface area contributed by atoms with Gasteiger partial charge in [0.05, 0.1) is 6.10 Å². The number of guanidine groups is 1. The van der Waals surface area contributed by atoms with E-state index in [2.05, 4.69) is 29.5 Å². The van der Waals surface area contributed by atoms with E-state index in [1.807, 2.05) is 7.05 Å². The maximum Gasteiger partial charge on any atom is 0.191 e. The molecule has 0 heterocycles. The lowest BCUT2D eigenvalue weighted by atomic mass is 9.60. The van der Waals surface area contributed by atoms with Crippen LogP contribution in [0.4, 0.5) is 0 Å². The zero-order chi connectivity index (χ0) is 13.7. The quantitative estimate of drug-likeness (QED) is 0.593. The topological polar surface area (TPSA) is 45.7 Å². The highest BCUT2D eigenvalue weighted by molar-refractivity contribution is 5.80. The van der Waals surface area contributed by atoms with Crippen LogP contribution in [0, 0.1) is 5.41 Å². The van der Waals surface area contributed by atoms with Crippen LogP contribution in [-0.2, 0) is 4.74 Å². The molecule has 0 aromatic carbocycles. The average molecular weight is 267 g/mol.